The zero-order chi connectivity index (χ0) is 13.7. The van der Waals surface area contributed by atoms with E-state index in [2.05, 4.69) is 4.98 Å². The number of halogens is 2. The Balaban J connectivity index is 2.93. The minimum absolute atomic E-state index is 0.0332. The molecule has 1 heterocycles. The molecule has 18 heavy (non-hydrogen) atoms. The largest absolute Gasteiger partial charge is 0.312 e. The highest BCUT2D eigenvalue weighted by Gasteiger charge is 2.21. The summed E-state index contributed by atoms with van der Waals surface area (Å²) in [5.74, 6) is 0. The normalized spacial score (nSPS) is 12.6. The summed E-state index contributed by atoms with van der Waals surface area (Å²) in [7, 11) is -3.40. The molecule has 0 aliphatic heterocycles. The predicted octanol–water partition coefficient (Wildman–Crippen LogP) is 3.33. The lowest BCUT2D eigenvalue weighted by Gasteiger charge is -2.11. The van der Waals surface area contributed by atoms with Crippen molar-refractivity contribution in [3.05, 3.63) is 22.2 Å². The van der Waals surface area contributed by atoms with E-state index in [0.717, 1.165) is 6.26 Å². The van der Waals surface area contributed by atoms with Gasteiger partial charge in [0.2, 0.25) is 15.0 Å². The van der Waals surface area contributed by atoms with Gasteiger partial charge in [-0.05, 0) is 26.0 Å². The smallest absolute Gasteiger partial charge is 0.228 e. The first-order valence-electron chi connectivity index (χ1n) is 5.29. The molecule has 98 valence electrons. The number of benzene rings is 1. The first-order valence-corrected chi connectivity index (χ1v) is 7.93. The van der Waals surface area contributed by atoms with Crippen LogP contribution >= 0.6 is 23.2 Å². The van der Waals surface area contributed by atoms with Crippen LogP contribution in [0.1, 0.15) is 19.9 Å². The van der Waals surface area contributed by atoms with Crippen molar-refractivity contribution in [2.75, 3.05) is 6.26 Å². The molecule has 0 unspecified atom stereocenters. The molecule has 0 amide bonds. The lowest BCUT2D eigenvalue weighted by Crippen LogP contribution is -2.11. The Kier molecular flexibility index (Phi) is 3.34. The van der Waals surface area contributed by atoms with Crippen LogP contribution < -0.4 is 0 Å². The highest BCUT2D eigenvalue weighted by Crippen LogP contribution is 2.31. The van der Waals surface area contributed by atoms with Gasteiger partial charge in [-0.3, -0.25) is 0 Å². The SMILES string of the molecule is CC(C)n1c(S(C)(=O)=O)nc2cc(Cl)c(Cl)cc21. The Hall–Kier alpha value is -0.780. The highest BCUT2D eigenvalue weighted by atomic mass is 35.5. The molecule has 0 saturated carbocycles. The van der Waals surface area contributed by atoms with E-state index >= 15 is 0 Å². The van der Waals surface area contributed by atoms with Gasteiger partial charge >= 0.3 is 0 Å². The molecule has 0 fully saturated rings. The average molecular weight is 307 g/mol. The van der Waals surface area contributed by atoms with Crippen LogP contribution in [0.4, 0.5) is 0 Å². The summed E-state index contributed by atoms with van der Waals surface area (Å²) in [6.07, 6.45) is 1.14. The van der Waals surface area contributed by atoms with E-state index in [4.69, 9.17) is 23.2 Å². The van der Waals surface area contributed by atoms with Crippen LogP contribution in [0.2, 0.25) is 10.0 Å². The number of imidazole rings is 1. The van der Waals surface area contributed by atoms with Crippen molar-refractivity contribution in [1.82, 2.24) is 9.55 Å². The van der Waals surface area contributed by atoms with Crippen molar-refractivity contribution in [1.29, 1.82) is 0 Å². The van der Waals surface area contributed by atoms with E-state index in [1.54, 1.807) is 16.7 Å². The minimum atomic E-state index is -3.40. The van der Waals surface area contributed by atoms with Gasteiger partial charge in [0.15, 0.2) is 0 Å². The number of hydrogen-bond donors (Lipinski definition) is 0. The second-order valence-electron chi connectivity index (χ2n) is 4.39. The van der Waals surface area contributed by atoms with Crippen LogP contribution in [-0.4, -0.2) is 24.2 Å². The van der Waals surface area contributed by atoms with Crippen LogP contribution in [0.15, 0.2) is 17.3 Å². The predicted molar refractivity (Wildman–Crippen MR) is 73.2 cm³/mol. The molecule has 2 rings (SSSR count). The number of rotatable bonds is 2. The molecule has 0 N–H and O–H groups in total. The van der Waals surface area contributed by atoms with E-state index in [-0.39, 0.29) is 11.2 Å². The molecule has 0 aliphatic carbocycles. The van der Waals surface area contributed by atoms with Gasteiger partial charge in [0, 0.05) is 12.3 Å². The quantitative estimate of drug-likeness (QED) is 0.855. The van der Waals surface area contributed by atoms with Crippen molar-refractivity contribution < 1.29 is 8.42 Å². The first kappa shape index (κ1) is 13.6. The van der Waals surface area contributed by atoms with Crippen LogP contribution in [0.25, 0.3) is 11.0 Å². The maximum absolute atomic E-state index is 11.7. The van der Waals surface area contributed by atoms with Crippen molar-refractivity contribution in [3.63, 3.8) is 0 Å². The molecule has 0 bridgehead atoms. The van der Waals surface area contributed by atoms with Crippen LogP contribution in [0.3, 0.4) is 0 Å². The van der Waals surface area contributed by atoms with Crippen molar-refractivity contribution in [2.45, 2.75) is 25.0 Å². The van der Waals surface area contributed by atoms with Crippen LogP contribution in [-0.2, 0) is 9.84 Å². The average Bonchev–Trinajstić information content (AvgIpc) is 2.56. The summed E-state index contributed by atoms with van der Waals surface area (Å²) in [5.41, 5.74) is 1.19. The Morgan fingerprint density at radius 2 is 1.78 bits per heavy atom. The molecule has 0 spiro atoms. The van der Waals surface area contributed by atoms with Gasteiger partial charge in [0.1, 0.15) is 0 Å². The molecule has 1 aromatic heterocycles. The molecule has 0 saturated heterocycles. The molecule has 1 aromatic carbocycles. The number of sulfone groups is 1. The first-order chi connectivity index (χ1) is 8.21. The molecular weight excluding hydrogens is 295 g/mol. The molecule has 7 heteroatoms. The highest BCUT2D eigenvalue weighted by molar-refractivity contribution is 7.90. The number of hydrogen-bond acceptors (Lipinski definition) is 3. The minimum Gasteiger partial charge on any atom is -0.312 e. The van der Waals surface area contributed by atoms with E-state index < -0.39 is 9.84 Å². The number of fused-ring (bicyclic) bond motifs is 1. The summed E-state index contributed by atoms with van der Waals surface area (Å²) < 4.78 is 25.1. The van der Waals surface area contributed by atoms with Gasteiger partial charge in [-0.25, -0.2) is 13.4 Å². The van der Waals surface area contributed by atoms with Crippen LogP contribution in [0.5, 0.6) is 0 Å². The Labute approximate surface area is 115 Å². The molecule has 4 nitrogen and oxygen atoms in total. The second kappa shape index (κ2) is 4.40. The van der Waals surface area contributed by atoms with Gasteiger partial charge in [-0.15, -0.1) is 0 Å². The Bertz CT molecular complexity index is 720. The summed E-state index contributed by atoms with van der Waals surface area (Å²) in [5, 5.41) is 0.773. The van der Waals surface area contributed by atoms with Crippen LogP contribution in [0, 0.1) is 0 Å². The molecular formula is C11H12Cl2N2O2S. The van der Waals surface area contributed by atoms with Gasteiger partial charge in [-0.2, -0.15) is 0 Å². The third-order valence-corrected chi connectivity index (χ3v) is 4.22. The standard InChI is InChI=1S/C11H12Cl2N2O2S/c1-6(2)15-10-5-8(13)7(12)4-9(10)14-11(15)18(3,16)17/h4-6H,1-3H3. The molecule has 0 aliphatic rings. The van der Waals surface area contributed by atoms with Crippen molar-refractivity contribution in [2.24, 2.45) is 0 Å². The van der Waals surface area contributed by atoms with E-state index in [9.17, 15) is 8.42 Å². The Morgan fingerprint density at radius 3 is 2.28 bits per heavy atom. The second-order valence-corrected chi connectivity index (χ2v) is 7.11. The zero-order valence-corrected chi connectivity index (χ0v) is 12.4. The summed E-state index contributed by atoms with van der Waals surface area (Å²) in [6.45, 7) is 3.77. The van der Waals surface area contributed by atoms with E-state index in [1.807, 2.05) is 13.8 Å². The maximum Gasteiger partial charge on any atom is 0.228 e. The molecule has 0 atom stereocenters. The Morgan fingerprint density at radius 1 is 1.22 bits per heavy atom. The fourth-order valence-electron chi connectivity index (χ4n) is 1.83. The van der Waals surface area contributed by atoms with Gasteiger partial charge in [-0.1, -0.05) is 23.2 Å². The van der Waals surface area contributed by atoms with Crippen molar-refractivity contribution >= 4 is 44.1 Å². The third kappa shape index (κ3) is 2.22. The monoisotopic (exact) mass is 306 g/mol. The third-order valence-electron chi connectivity index (χ3n) is 2.55. The maximum atomic E-state index is 11.7. The zero-order valence-electron chi connectivity index (χ0n) is 10.1. The molecule has 2 aromatic rings. The summed E-state index contributed by atoms with van der Waals surface area (Å²) >= 11 is 11.9. The fourth-order valence-corrected chi connectivity index (χ4v) is 3.08. The lowest BCUT2D eigenvalue weighted by atomic mass is 10.3. The van der Waals surface area contributed by atoms with Crippen molar-refractivity contribution in [3.8, 4) is 0 Å². The van der Waals surface area contributed by atoms with Gasteiger partial charge < -0.3 is 4.57 Å². The summed E-state index contributed by atoms with van der Waals surface area (Å²) in [4.78, 5) is 4.14. The summed E-state index contributed by atoms with van der Waals surface area (Å²) in [6, 6.07) is 3.17. The number of nitrogens with zero attached hydrogens (tertiary/aromatic N) is 2. The lowest BCUT2D eigenvalue weighted by molar-refractivity contribution is 0.534. The number of aromatic nitrogens is 2. The van der Waals surface area contributed by atoms with E-state index in [1.165, 1.54) is 0 Å². The fraction of sp³-hybridized carbons (Fsp3) is 0.364. The molecule has 0 radical (unpaired) electrons. The van der Waals surface area contributed by atoms with Gasteiger partial charge in [0.05, 0.1) is 21.1 Å². The van der Waals surface area contributed by atoms with E-state index in [0.29, 0.717) is 21.1 Å². The van der Waals surface area contributed by atoms with Gasteiger partial charge in [0.25, 0.3) is 0 Å². The topological polar surface area (TPSA) is 52.0 Å².